The monoisotopic (exact) mass is 806 g/mol. The fraction of sp³-hybridized carbons (Fsp3) is 0. The lowest BCUT2D eigenvalue weighted by atomic mass is 10.0. The van der Waals surface area contributed by atoms with Gasteiger partial charge in [-0.3, -0.25) is 0 Å². The molecule has 0 saturated carbocycles. The summed E-state index contributed by atoms with van der Waals surface area (Å²) in [6.45, 7) is 0. The molecule has 2 nitrogen and oxygen atoms in total. The van der Waals surface area contributed by atoms with Crippen LogP contribution in [0.5, 0.6) is 0 Å². The van der Waals surface area contributed by atoms with Crippen molar-refractivity contribution >= 4 is 129 Å². The van der Waals surface area contributed by atoms with Crippen molar-refractivity contribution in [2.24, 2.45) is 0 Å². The third-order valence-corrected chi connectivity index (χ3v) is 14.8. The second-order valence-corrected chi connectivity index (χ2v) is 18.2. The van der Waals surface area contributed by atoms with Crippen molar-refractivity contribution in [1.82, 2.24) is 0 Å². The minimum atomic E-state index is 1.08. The number of nitrogens with zero attached hydrogens (tertiary/aromatic N) is 2. The van der Waals surface area contributed by atoms with Crippen molar-refractivity contribution < 1.29 is 0 Å². The fourth-order valence-corrected chi connectivity index (χ4v) is 12.0. The minimum absolute atomic E-state index is 1.08. The summed E-state index contributed by atoms with van der Waals surface area (Å²) in [5, 5.41) is 7.74. The first-order valence-corrected chi connectivity index (χ1v) is 22.3. The number of hydrogen-bond acceptors (Lipinski definition) is 5. The molecule has 0 radical (unpaired) electrons. The highest BCUT2D eigenvalue weighted by Crippen LogP contribution is 2.47. The van der Waals surface area contributed by atoms with E-state index in [1.54, 1.807) is 0 Å². The van der Waals surface area contributed by atoms with Crippen LogP contribution in [0.25, 0.3) is 71.6 Å². The SMILES string of the molecule is c1ccc(N(c2ccccc2)c2cc(-c3ccc4c(c3)sc3ccccc34)cc(N(c3ccc4sc5ccccc5c4c3)c3ccc4sc5ccccc5c4c3)c2)cc1. The lowest BCUT2D eigenvalue weighted by molar-refractivity contribution is 1.25. The van der Waals surface area contributed by atoms with Crippen LogP contribution >= 0.6 is 34.0 Å². The van der Waals surface area contributed by atoms with E-state index in [4.69, 9.17) is 0 Å². The molecule has 9 aromatic carbocycles. The molecule has 0 amide bonds. The standard InChI is InChI=1S/C54H34N2S3/c1-3-13-37(14-4-1)55(38-15-5-2-6-16-38)41-29-36(35-23-26-46-43-17-7-10-20-49(43)59-54(46)31-35)30-42(32-41)56(39-24-27-52-47(33-39)44-18-8-11-21-50(44)57-52)40-25-28-53-48(34-40)45-19-9-12-22-51(45)58-53/h1-34H. The molecule has 3 heterocycles. The van der Waals surface area contributed by atoms with Gasteiger partial charge in [0.15, 0.2) is 0 Å². The van der Waals surface area contributed by atoms with Crippen LogP contribution in [0.4, 0.5) is 34.1 Å². The van der Waals surface area contributed by atoms with Crippen LogP contribution in [-0.4, -0.2) is 0 Å². The van der Waals surface area contributed by atoms with Crippen LogP contribution in [0.1, 0.15) is 0 Å². The molecule has 5 heteroatoms. The summed E-state index contributed by atoms with van der Waals surface area (Å²) >= 11 is 5.58. The average molecular weight is 807 g/mol. The molecule has 0 aliphatic rings. The zero-order valence-corrected chi connectivity index (χ0v) is 34.2. The number of anilines is 6. The van der Waals surface area contributed by atoms with Crippen LogP contribution in [0, 0.1) is 0 Å². The normalized spacial score (nSPS) is 11.7. The molecule has 0 atom stereocenters. The van der Waals surface area contributed by atoms with E-state index < -0.39 is 0 Å². The van der Waals surface area contributed by atoms with Gasteiger partial charge in [-0.05, 0) is 114 Å². The van der Waals surface area contributed by atoms with Crippen LogP contribution < -0.4 is 9.80 Å². The number of thiophene rings is 3. The van der Waals surface area contributed by atoms with Crippen LogP contribution in [-0.2, 0) is 0 Å². The number of hydrogen-bond donors (Lipinski definition) is 0. The molecule has 0 N–H and O–H groups in total. The maximum absolute atomic E-state index is 2.47. The molecule has 0 fully saturated rings. The molecule has 12 rings (SSSR count). The molecule has 3 aromatic heterocycles. The number of rotatable bonds is 7. The molecule has 59 heavy (non-hydrogen) atoms. The Bertz CT molecular complexity index is 3370. The van der Waals surface area contributed by atoms with Gasteiger partial charge in [-0.1, -0.05) is 103 Å². The van der Waals surface area contributed by atoms with Crippen molar-refractivity contribution in [3.05, 3.63) is 206 Å². The van der Waals surface area contributed by atoms with Crippen molar-refractivity contribution in [3.8, 4) is 11.1 Å². The lowest BCUT2D eigenvalue weighted by Crippen LogP contribution is -2.13. The number of fused-ring (bicyclic) bond motifs is 9. The van der Waals surface area contributed by atoms with E-state index in [1.165, 1.54) is 66.1 Å². The summed E-state index contributed by atoms with van der Waals surface area (Å²) < 4.78 is 7.80. The Labute approximate surface area is 353 Å². The first kappa shape index (κ1) is 34.3. The van der Waals surface area contributed by atoms with E-state index in [0.717, 1.165) is 39.7 Å². The Morgan fingerprint density at radius 3 is 1.15 bits per heavy atom. The molecule has 0 unspecified atom stereocenters. The molecule has 0 bridgehead atoms. The summed E-state index contributed by atoms with van der Waals surface area (Å²) in [5.41, 5.74) is 8.96. The second-order valence-electron chi connectivity index (χ2n) is 14.9. The van der Waals surface area contributed by atoms with E-state index in [1.807, 2.05) is 34.0 Å². The zero-order chi connectivity index (χ0) is 38.9. The van der Waals surface area contributed by atoms with Crippen molar-refractivity contribution in [3.63, 3.8) is 0 Å². The topological polar surface area (TPSA) is 6.48 Å². The van der Waals surface area contributed by atoms with E-state index in [-0.39, 0.29) is 0 Å². The highest BCUT2D eigenvalue weighted by molar-refractivity contribution is 7.26. The summed E-state index contributed by atoms with van der Waals surface area (Å²) in [7, 11) is 0. The maximum atomic E-state index is 2.47. The molecule has 0 aliphatic heterocycles. The largest absolute Gasteiger partial charge is 0.310 e. The summed E-state index contributed by atoms with van der Waals surface area (Å²) in [6, 6.07) is 75.9. The predicted molar refractivity (Wildman–Crippen MR) is 260 cm³/mol. The highest BCUT2D eigenvalue weighted by Gasteiger charge is 2.21. The Balaban J connectivity index is 1.14. The second kappa shape index (κ2) is 14.0. The van der Waals surface area contributed by atoms with E-state index in [0.29, 0.717) is 0 Å². The molecule has 0 saturated heterocycles. The zero-order valence-electron chi connectivity index (χ0n) is 31.7. The highest BCUT2D eigenvalue weighted by atomic mass is 32.1. The van der Waals surface area contributed by atoms with Gasteiger partial charge in [-0.2, -0.15) is 0 Å². The molecular weight excluding hydrogens is 773 g/mol. The van der Waals surface area contributed by atoms with Gasteiger partial charge in [0, 0.05) is 94.6 Å². The summed E-state index contributed by atoms with van der Waals surface area (Å²) in [4.78, 5) is 4.85. The summed E-state index contributed by atoms with van der Waals surface area (Å²) in [6.07, 6.45) is 0. The van der Waals surface area contributed by atoms with E-state index in [2.05, 4.69) is 216 Å². The fourth-order valence-electron chi connectivity index (χ4n) is 8.68. The molecule has 0 spiro atoms. The maximum Gasteiger partial charge on any atom is 0.0488 e. The third-order valence-electron chi connectivity index (χ3n) is 11.4. The smallest absolute Gasteiger partial charge is 0.0488 e. The Morgan fingerprint density at radius 1 is 0.220 bits per heavy atom. The van der Waals surface area contributed by atoms with Gasteiger partial charge in [-0.25, -0.2) is 0 Å². The van der Waals surface area contributed by atoms with Crippen molar-refractivity contribution in [1.29, 1.82) is 0 Å². The molecule has 12 aromatic rings. The van der Waals surface area contributed by atoms with Gasteiger partial charge in [0.25, 0.3) is 0 Å². The Morgan fingerprint density at radius 2 is 0.627 bits per heavy atom. The van der Waals surface area contributed by atoms with E-state index in [9.17, 15) is 0 Å². The van der Waals surface area contributed by atoms with Crippen molar-refractivity contribution in [2.75, 3.05) is 9.80 Å². The molecular formula is C54H34N2S3. The number of para-hydroxylation sites is 2. The lowest BCUT2D eigenvalue weighted by Gasteiger charge is -2.30. The number of benzene rings is 9. The first-order chi connectivity index (χ1) is 29.2. The van der Waals surface area contributed by atoms with E-state index >= 15 is 0 Å². The minimum Gasteiger partial charge on any atom is -0.310 e. The van der Waals surface area contributed by atoms with Gasteiger partial charge in [-0.15, -0.1) is 34.0 Å². The third kappa shape index (κ3) is 5.89. The van der Waals surface area contributed by atoms with Crippen LogP contribution in [0.15, 0.2) is 206 Å². The van der Waals surface area contributed by atoms with Gasteiger partial charge >= 0.3 is 0 Å². The van der Waals surface area contributed by atoms with Gasteiger partial charge in [0.1, 0.15) is 0 Å². The van der Waals surface area contributed by atoms with Crippen LogP contribution in [0.3, 0.4) is 0 Å². The molecule has 278 valence electrons. The first-order valence-electron chi connectivity index (χ1n) is 19.8. The van der Waals surface area contributed by atoms with Crippen molar-refractivity contribution in [2.45, 2.75) is 0 Å². The van der Waals surface area contributed by atoms with Crippen LogP contribution in [0.2, 0.25) is 0 Å². The quantitative estimate of drug-likeness (QED) is 0.158. The average Bonchev–Trinajstić information content (AvgIpc) is 3.98. The van der Waals surface area contributed by atoms with Gasteiger partial charge < -0.3 is 9.80 Å². The van der Waals surface area contributed by atoms with Gasteiger partial charge in [0.2, 0.25) is 0 Å². The summed E-state index contributed by atoms with van der Waals surface area (Å²) in [5.74, 6) is 0. The van der Waals surface area contributed by atoms with Gasteiger partial charge in [0.05, 0.1) is 0 Å². The Hall–Kier alpha value is -6.76. The predicted octanol–water partition coefficient (Wildman–Crippen LogP) is 17.4. The molecule has 0 aliphatic carbocycles. The Kier molecular flexibility index (Phi) is 8.12.